The van der Waals surface area contributed by atoms with Crippen LogP contribution in [0.3, 0.4) is 0 Å². The number of rotatable bonds is 4. The molecule has 0 aliphatic carbocycles. The first-order chi connectivity index (χ1) is 12.2. The molecule has 0 radical (unpaired) electrons. The number of aromatic carboxylic acids is 1. The van der Waals surface area contributed by atoms with Crippen molar-refractivity contribution >= 4 is 34.4 Å². The molecule has 0 fully saturated rings. The van der Waals surface area contributed by atoms with E-state index in [1.54, 1.807) is 24.3 Å². The maximum atomic E-state index is 12.9. The van der Waals surface area contributed by atoms with Crippen LogP contribution in [0.25, 0.3) is 11.0 Å². The first-order valence-corrected chi connectivity index (χ1v) is 7.72. The SMILES string of the molecule is O=C(O)c1nc2ccc(C(F)(F)F)cc2nc1NCc1ccc(Cl)cc1. The number of hydrogen-bond donors (Lipinski definition) is 2. The molecule has 26 heavy (non-hydrogen) atoms. The predicted octanol–water partition coefficient (Wildman–Crippen LogP) is 4.61. The van der Waals surface area contributed by atoms with Gasteiger partial charge in [0.25, 0.3) is 0 Å². The van der Waals surface area contributed by atoms with Crippen LogP contribution in [0.1, 0.15) is 21.6 Å². The molecule has 0 saturated heterocycles. The van der Waals surface area contributed by atoms with Gasteiger partial charge in [0.2, 0.25) is 0 Å². The average molecular weight is 382 g/mol. The number of benzene rings is 2. The number of fused-ring (bicyclic) bond motifs is 1. The van der Waals surface area contributed by atoms with Gasteiger partial charge in [-0.25, -0.2) is 14.8 Å². The minimum Gasteiger partial charge on any atom is -0.476 e. The zero-order valence-corrected chi connectivity index (χ0v) is 13.8. The molecule has 1 aromatic heterocycles. The van der Waals surface area contributed by atoms with Crippen molar-refractivity contribution < 1.29 is 23.1 Å². The van der Waals surface area contributed by atoms with Gasteiger partial charge in [0.15, 0.2) is 11.5 Å². The molecule has 2 N–H and O–H groups in total. The number of halogens is 4. The molecule has 0 amide bonds. The molecule has 9 heteroatoms. The van der Waals surface area contributed by atoms with Crippen LogP contribution in [0.4, 0.5) is 19.0 Å². The fraction of sp³-hybridized carbons (Fsp3) is 0.118. The Balaban J connectivity index is 1.99. The summed E-state index contributed by atoms with van der Waals surface area (Å²) in [6.45, 7) is 0.205. The Kier molecular flexibility index (Phi) is 4.69. The smallest absolute Gasteiger partial charge is 0.416 e. The summed E-state index contributed by atoms with van der Waals surface area (Å²) in [6, 6.07) is 9.56. The van der Waals surface area contributed by atoms with Gasteiger partial charge in [-0.15, -0.1) is 0 Å². The highest BCUT2D eigenvalue weighted by Crippen LogP contribution is 2.31. The minimum absolute atomic E-state index is 0.0524. The molecule has 0 bridgehead atoms. The molecule has 0 aliphatic rings. The summed E-state index contributed by atoms with van der Waals surface area (Å²) in [4.78, 5) is 19.3. The molecule has 134 valence electrons. The van der Waals surface area contributed by atoms with Crippen molar-refractivity contribution in [3.8, 4) is 0 Å². The lowest BCUT2D eigenvalue weighted by atomic mass is 10.2. The molecule has 5 nitrogen and oxygen atoms in total. The van der Waals surface area contributed by atoms with Gasteiger partial charge in [-0.3, -0.25) is 0 Å². The average Bonchev–Trinajstić information content (AvgIpc) is 2.59. The summed E-state index contributed by atoms with van der Waals surface area (Å²) in [5, 5.41) is 12.7. The van der Waals surface area contributed by atoms with E-state index in [4.69, 9.17) is 11.6 Å². The Morgan fingerprint density at radius 1 is 1.08 bits per heavy atom. The van der Waals surface area contributed by atoms with E-state index in [0.717, 1.165) is 23.8 Å². The van der Waals surface area contributed by atoms with Crippen LogP contribution >= 0.6 is 11.6 Å². The molecule has 2 aromatic carbocycles. The van der Waals surface area contributed by atoms with E-state index in [0.29, 0.717) is 5.02 Å². The third kappa shape index (κ3) is 3.85. The Morgan fingerprint density at radius 2 is 1.77 bits per heavy atom. The number of carboxylic acids is 1. The molecular weight excluding hydrogens is 371 g/mol. The minimum atomic E-state index is -4.53. The monoisotopic (exact) mass is 381 g/mol. The molecule has 3 aromatic rings. The van der Waals surface area contributed by atoms with Gasteiger partial charge in [-0.1, -0.05) is 23.7 Å². The highest BCUT2D eigenvalue weighted by Gasteiger charge is 2.31. The van der Waals surface area contributed by atoms with Gasteiger partial charge < -0.3 is 10.4 Å². The normalized spacial score (nSPS) is 11.5. The van der Waals surface area contributed by atoms with Crippen molar-refractivity contribution in [2.75, 3.05) is 5.32 Å². The van der Waals surface area contributed by atoms with Crippen molar-refractivity contribution in [1.82, 2.24) is 9.97 Å². The highest BCUT2D eigenvalue weighted by molar-refractivity contribution is 6.30. The van der Waals surface area contributed by atoms with Crippen LogP contribution in [-0.2, 0) is 12.7 Å². The van der Waals surface area contributed by atoms with Crippen LogP contribution in [0.15, 0.2) is 42.5 Å². The van der Waals surface area contributed by atoms with E-state index in [-0.39, 0.29) is 29.1 Å². The molecule has 0 spiro atoms. The van der Waals surface area contributed by atoms with E-state index in [9.17, 15) is 23.1 Å². The largest absolute Gasteiger partial charge is 0.476 e. The molecular formula is C17H11ClF3N3O2. The lowest BCUT2D eigenvalue weighted by Gasteiger charge is -2.11. The fourth-order valence-electron chi connectivity index (χ4n) is 2.29. The lowest BCUT2D eigenvalue weighted by molar-refractivity contribution is -0.137. The van der Waals surface area contributed by atoms with Crippen LogP contribution < -0.4 is 5.32 Å². The summed E-state index contributed by atoms with van der Waals surface area (Å²) in [5.41, 5.74) is -0.454. The maximum absolute atomic E-state index is 12.9. The predicted molar refractivity (Wildman–Crippen MR) is 90.3 cm³/mol. The number of aromatic nitrogens is 2. The number of hydrogen-bond acceptors (Lipinski definition) is 4. The second kappa shape index (κ2) is 6.80. The van der Waals surface area contributed by atoms with Crippen molar-refractivity contribution in [3.63, 3.8) is 0 Å². The number of anilines is 1. The second-order valence-corrected chi connectivity index (χ2v) is 5.84. The van der Waals surface area contributed by atoms with Crippen LogP contribution in [0, 0.1) is 0 Å². The second-order valence-electron chi connectivity index (χ2n) is 5.41. The molecule has 1 heterocycles. The molecule has 0 unspecified atom stereocenters. The number of nitrogens with one attached hydrogen (secondary N) is 1. The quantitative estimate of drug-likeness (QED) is 0.690. The van der Waals surface area contributed by atoms with Gasteiger partial charge in [-0.05, 0) is 35.9 Å². The lowest BCUT2D eigenvalue weighted by Crippen LogP contribution is -2.12. The third-order valence-corrected chi connectivity index (χ3v) is 3.82. The topological polar surface area (TPSA) is 75.1 Å². The zero-order valence-electron chi connectivity index (χ0n) is 13.0. The van der Waals surface area contributed by atoms with Crippen LogP contribution in [-0.4, -0.2) is 21.0 Å². The van der Waals surface area contributed by atoms with E-state index < -0.39 is 17.7 Å². The number of carboxylic acid groups (broad SMARTS) is 1. The molecule has 3 rings (SSSR count). The highest BCUT2D eigenvalue weighted by atomic mass is 35.5. The first kappa shape index (κ1) is 17.9. The van der Waals surface area contributed by atoms with E-state index in [2.05, 4.69) is 15.3 Å². The van der Waals surface area contributed by atoms with Gasteiger partial charge in [0.05, 0.1) is 16.6 Å². The number of nitrogens with zero attached hydrogens (tertiary/aromatic N) is 2. The standard InChI is InChI=1S/C17H11ClF3N3O2/c18-11-4-1-9(2-5-11)8-22-15-14(16(25)26)23-12-6-3-10(17(19,20)21)7-13(12)24-15/h1-7H,8H2,(H,22,24)(H,25,26). The van der Waals surface area contributed by atoms with Crippen LogP contribution in [0.2, 0.25) is 5.02 Å². The first-order valence-electron chi connectivity index (χ1n) is 7.34. The molecule has 0 saturated carbocycles. The summed E-state index contributed by atoms with van der Waals surface area (Å²) >= 11 is 5.80. The van der Waals surface area contributed by atoms with Crippen molar-refractivity contribution in [1.29, 1.82) is 0 Å². The van der Waals surface area contributed by atoms with Gasteiger partial charge >= 0.3 is 12.1 Å². The van der Waals surface area contributed by atoms with Crippen molar-refractivity contribution in [2.24, 2.45) is 0 Å². The molecule has 0 aliphatic heterocycles. The summed E-state index contributed by atoms with van der Waals surface area (Å²) in [6.07, 6.45) is -4.53. The van der Waals surface area contributed by atoms with Gasteiger partial charge in [-0.2, -0.15) is 13.2 Å². The molecule has 0 atom stereocenters. The van der Waals surface area contributed by atoms with E-state index >= 15 is 0 Å². The Hall–Kier alpha value is -2.87. The van der Waals surface area contributed by atoms with Crippen molar-refractivity contribution in [2.45, 2.75) is 12.7 Å². The van der Waals surface area contributed by atoms with Crippen molar-refractivity contribution in [3.05, 3.63) is 64.3 Å². The summed E-state index contributed by atoms with van der Waals surface area (Å²) < 4.78 is 38.6. The van der Waals surface area contributed by atoms with Crippen LogP contribution in [0.5, 0.6) is 0 Å². The Bertz CT molecular complexity index is 975. The third-order valence-electron chi connectivity index (χ3n) is 3.57. The van der Waals surface area contributed by atoms with E-state index in [1.807, 2.05) is 0 Å². The number of carbonyl (C=O) groups is 1. The Morgan fingerprint density at radius 3 is 2.38 bits per heavy atom. The summed E-state index contributed by atoms with van der Waals surface area (Å²) in [7, 11) is 0. The van der Waals surface area contributed by atoms with Gasteiger partial charge in [0.1, 0.15) is 0 Å². The zero-order chi connectivity index (χ0) is 18.9. The fourth-order valence-corrected chi connectivity index (χ4v) is 2.42. The summed E-state index contributed by atoms with van der Waals surface area (Å²) in [5.74, 6) is -1.45. The van der Waals surface area contributed by atoms with E-state index in [1.165, 1.54) is 0 Å². The van der Waals surface area contributed by atoms with Gasteiger partial charge in [0, 0.05) is 11.6 Å². The maximum Gasteiger partial charge on any atom is 0.416 e. The number of alkyl halides is 3. The Labute approximate surface area is 150 Å².